The highest BCUT2D eigenvalue weighted by Crippen LogP contribution is 2.27. The van der Waals surface area contributed by atoms with Gasteiger partial charge >= 0.3 is 5.97 Å². The second-order valence-electron chi connectivity index (χ2n) is 3.82. The summed E-state index contributed by atoms with van der Waals surface area (Å²) in [6.45, 7) is 1.37. The average Bonchev–Trinajstić information content (AvgIpc) is 2.17. The molecule has 4 heteroatoms. The van der Waals surface area contributed by atoms with Crippen LogP contribution in [0.5, 0.6) is 0 Å². The summed E-state index contributed by atoms with van der Waals surface area (Å²) < 4.78 is 5.04. The van der Waals surface area contributed by atoms with E-state index in [-0.39, 0.29) is 0 Å². The van der Waals surface area contributed by atoms with Gasteiger partial charge in [-0.15, -0.1) is 0 Å². The minimum atomic E-state index is -0.782. The zero-order valence-corrected chi connectivity index (χ0v) is 8.30. The Morgan fingerprint density at radius 3 is 2.93 bits per heavy atom. The molecular weight excluding hydrogens is 194 g/mol. The van der Waals surface area contributed by atoms with Crippen molar-refractivity contribution in [3.05, 3.63) is 30.1 Å². The summed E-state index contributed by atoms with van der Waals surface area (Å²) in [5, 5.41) is 9.13. The highest BCUT2D eigenvalue weighted by Gasteiger charge is 2.28. The van der Waals surface area contributed by atoms with E-state index in [2.05, 4.69) is 4.98 Å². The number of aliphatic carboxylic acids is 1. The molecule has 4 nitrogen and oxygen atoms in total. The van der Waals surface area contributed by atoms with Crippen LogP contribution in [0.15, 0.2) is 24.5 Å². The van der Waals surface area contributed by atoms with Crippen molar-refractivity contribution in [2.75, 3.05) is 13.2 Å². The lowest BCUT2D eigenvalue weighted by Crippen LogP contribution is -2.30. The monoisotopic (exact) mass is 207 g/mol. The molecule has 0 radical (unpaired) electrons. The molecule has 1 aliphatic heterocycles. The van der Waals surface area contributed by atoms with Crippen LogP contribution in [0, 0.1) is 5.92 Å². The maximum absolute atomic E-state index is 11.1. The summed E-state index contributed by atoms with van der Waals surface area (Å²) in [6, 6.07) is 3.58. The zero-order chi connectivity index (χ0) is 10.7. The Bertz CT molecular complexity index is 335. The van der Waals surface area contributed by atoms with Gasteiger partial charge in [0.15, 0.2) is 0 Å². The van der Waals surface area contributed by atoms with E-state index >= 15 is 0 Å². The molecule has 0 amide bonds. The van der Waals surface area contributed by atoms with Crippen LogP contribution in [0.3, 0.4) is 0 Å². The van der Waals surface area contributed by atoms with Crippen LogP contribution in [0.4, 0.5) is 0 Å². The van der Waals surface area contributed by atoms with Gasteiger partial charge in [0.25, 0.3) is 0 Å². The maximum Gasteiger partial charge on any atom is 0.311 e. The summed E-state index contributed by atoms with van der Waals surface area (Å²) in [5.41, 5.74) is 0.775. The van der Waals surface area contributed by atoms with Gasteiger partial charge in [0.2, 0.25) is 0 Å². The quantitative estimate of drug-likeness (QED) is 0.808. The molecular formula is C11H13NO3. The van der Waals surface area contributed by atoms with Crippen molar-refractivity contribution >= 4 is 5.97 Å². The van der Waals surface area contributed by atoms with Gasteiger partial charge in [0.05, 0.1) is 19.1 Å². The summed E-state index contributed by atoms with van der Waals surface area (Å²) in [6.07, 6.45) is 3.91. The van der Waals surface area contributed by atoms with E-state index < -0.39 is 11.9 Å². The van der Waals surface area contributed by atoms with E-state index in [1.807, 2.05) is 6.07 Å². The Balaban J connectivity index is 2.08. The van der Waals surface area contributed by atoms with Crippen molar-refractivity contribution < 1.29 is 14.6 Å². The smallest absolute Gasteiger partial charge is 0.311 e. The zero-order valence-electron chi connectivity index (χ0n) is 8.30. The number of nitrogens with zero attached hydrogens (tertiary/aromatic N) is 1. The van der Waals surface area contributed by atoms with E-state index in [0.717, 1.165) is 5.56 Å². The molecule has 0 spiro atoms. The number of hydrogen-bond donors (Lipinski definition) is 1. The van der Waals surface area contributed by atoms with Gasteiger partial charge < -0.3 is 9.84 Å². The number of rotatable bonds is 4. The topological polar surface area (TPSA) is 59.4 Å². The Morgan fingerprint density at radius 2 is 2.47 bits per heavy atom. The Kier molecular flexibility index (Phi) is 2.97. The number of carbonyl (C=O) groups is 1. The lowest BCUT2D eigenvalue weighted by atomic mass is 9.89. The van der Waals surface area contributed by atoms with Crippen molar-refractivity contribution in [1.82, 2.24) is 4.98 Å². The number of ether oxygens (including phenoxy) is 1. The van der Waals surface area contributed by atoms with Crippen LogP contribution in [0.25, 0.3) is 0 Å². The molecule has 80 valence electrons. The molecule has 0 aromatic carbocycles. The fourth-order valence-corrected chi connectivity index (χ4v) is 1.72. The van der Waals surface area contributed by atoms with E-state index in [1.54, 1.807) is 18.5 Å². The van der Waals surface area contributed by atoms with E-state index in [0.29, 0.717) is 25.6 Å². The molecule has 1 aromatic rings. The Hall–Kier alpha value is -1.42. The minimum absolute atomic E-state index is 0.381. The molecule has 1 fully saturated rings. The number of aromatic nitrogens is 1. The third-order valence-electron chi connectivity index (χ3n) is 2.66. The van der Waals surface area contributed by atoms with Gasteiger partial charge in [-0.1, -0.05) is 6.07 Å². The highest BCUT2D eigenvalue weighted by atomic mass is 16.5. The minimum Gasteiger partial charge on any atom is -0.481 e. The summed E-state index contributed by atoms with van der Waals surface area (Å²) >= 11 is 0. The van der Waals surface area contributed by atoms with Gasteiger partial charge in [-0.3, -0.25) is 9.78 Å². The molecule has 1 N–H and O–H groups in total. The summed E-state index contributed by atoms with van der Waals surface area (Å²) in [5.74, 6) is -0.853. The molecule has 1 unspecified atom stereocenters. The van der Waals surface area contributed by atoms with Crippen molar-refractivity contribution in [3.8, 4) is 0 Å². The Labute approximate surface area is 87.9 Å². The largest absolute Gasteiger partial charge is 0.481 e. The van der Waals surface area contributed by atoms with Crippen molar-refractivity contribution in [2.45, 2.75) is 12.3 Å². The number of hydrogen-bond acceptors (Lipinski definition) is 3. The van der Waals surface area contributed by atoms with Crippen LogP contribution in [-0.4, -0.2) is 29.3 Å². The summed E-state index contributed by atoms with van der Waals surface area (Å²) in [4.78, 5) is 15.1. The van der Waals surface area contributed by atoms with E-state index in [9.17, 15) is 4.79 Å². The molecule has 2 heterocycles. The normalized spacial score (nSPS) is 18.1. The fraction of sp³-hybridized carbons (Fsp3) is 0.455. The third-order valence-corrected chi connectivity index (χ3v) is 2.66. The van der Waals surface area contributed by atoms with Gasteiger partial charge in [-0.2, -0.15) is 0 Å². The van der Waals surface area contributed by atoms with E-state index in [1.165, 1.54) is 0 Å². The first-order chi connectivity index (χ1) is 7.27. The van der Waals surface area contributed by atoms with Crippen LogP contribution >= 0.6 is 0 Å². The van der Waals surface area contributed by atoms with Crippen LogP contribution in [-0.2, 0) is 9.53 Å². The Morgan fingerprint density at radius 1 is 1.67 bits per heavy atom. The molecule has 0 bridgehead atoms. The first-order valence-electron chi connectivity index (χ1n) is 4.98. The fourth-order valence-electron chi connectivity index (χ4n) is 1.72. The standard InChI is InChI=1S/C11H13NO3/c13-11(14)10(4-8-6-15-7-8)9-2-1-3-12-5-9/h1-3,5,8,10H,4,6-7H2,(H,13,14). The van der Waals surface area contributed by atoms with Crippen molar-refractivity contribution in [1.29, 1.82) is 0 Å². The number of carboxylic acids is 1. The van der Waals surface area contributed by atoms with Crippen LogP contribution in [0.1, 0.15) is 17.9 Å². The number of carboxylic acid groups (broad SMARTS) is 1. The molecule has 1 atom stereocenters. The van der Waals surface area contributed by atoms with Crippen LogP contribution < -0.4 is 0 Å². The predicted octanol–water partition coefficient (Wildman–Crippen LogP) is 1.29. The second kappa shape index (κ2) is 4.40. The van der Waals surface area contributed by atoms with Gasteiger partial charge in [-0.25, -0.2) is 0 Å². The second-order valence-corrected chi connectivity index (χ2v) is 3.82. The third kappa shape index (κ3) is 2.33. The lowest BCUT2D eigenvalue weighted by Gasteiger charge is -2.28. The maximum atomic E-state index is 11.1. The van der Waals surface area contributed by atoms with Crippen molar-refractivity contribution in [2.24, 2.45) is 5.92 Å². The first-order valence-corrected chi connectivity index (χ1v) is 4.98. The van der Waals surface area contributed by atoms with Crippen LogP contribution in [0.2, 0.25) is 0 Å². The molecule has 1 saturated heterocycles. The average molecular weight is 207 g/mol. The predicted molar refractivity (Wildman–Crippen MR) is 53.5 cm³/mol. The summed E-state index contributed by atoms with van der Waals surface area (Å²) in [7, 11) is 0. The highest BCUT2D eigenvalue weighted by molar-refractivity contribution is 5.75. The molecule has 15 heavy (non-hydrogen) atoms. The number of pyridine rings is 1. The first kappa shape index (κ1) is 10.1. The van der Waals surface area contributed by atoms with Gasteiger partial charge in [-0.05, 0) is 18.1 Å². The molecule has 2 rings (SSSR count). The van der Waals surface area contributed by atoms with Gasteiger partial charge in [0, 0.05) is 18.3 Å². The molecule has 1 aliphatic rings. The van der Waals surface area contributed by atoms with Gasteiger partial charge in [0.1, 0.15) is 0 Å². The lowest BCUT2D eigenvalue weighted by molar-refractivity contribution is -0.140. The molecule has 1 aromatic heterocycles. The molecule has 0 saturated carbocycles. The molecule has 0 aliphatic carbocycles. The van der Waals surface area contributed by atoms with E-state index in [4.69, 9.17) is 9.84 Å². The van der Waals surface area contributed by atoms with Crippen molar-refractivity contribution in [3.63, 3.8) is 0 Å². The SMILES string of the molecule is O=C(O)C(CC1COC1)c1cccnc1.